The van der Waals surface area contributed by atoms with Crippen molar-refractivity contribution in [1.29, 1.82) is 0 Å². The van der Waals surface area contributed by atoms with E-state index in [9.17, 15) is 29.4 Å². The highest BCUT2D eigenvalue weighted by atomic mass is 32.2. The molecular weight excluding hydrogens is 516 g/mol. The van der Waals surface area contributed by atoms with Crippen LogP contribution in [0.25, 0.3) is 0 Å². The summed E-state index contributed by atoms with van der Waals surface area (Å²) in [7, 11) is 0. The van der Waals surface area contributed by atoms with Crippen LogP contribution < -0.4 is 4.90 Å². The van der Waals surface area contributed by atoms with Crippen molar-refractivity contribution in [2.24, 2.45) is 11.8 Å². The number of thioether (sulfide) groups is 1. The molecule has 0 aliphatic carbocycles. The van der Waals surface area contributed by atoms with E-state index >= 15 is 0 Å². The number of rotatable bonds is 7. The van der Waals surface area contributed by atoms with Crippen molar-refractivity contribution in [3.63, 3.8) is 0 Å². The zero-order valence-electron chi connectivity index (χ0n) is 20.0. The molecule has 0 radical (unpaired) electrons. The molecule has 37 heavy (non-hydrogen) atoms. The number of nitrogens with zero attached hydrogens (tertiary/aromatic N) is 4. The van der Waals surface area contributed by atoms with Gasteiger partial charge in [0.05, 0.1) is 41.4 Å². The number of aliphatic carboxylic acids is 1. The van der Waals surface area contributed by atoms with E-state index in [1.807, 2.05) is 12.3 Å². The monoisotopic (exact) mass is 540 g/mol. The van der Waals surface area contributed by atoms with E-state index < -0.39 is 18.0 Å². The average molecular weight is 541 g/mol. The van der Waals surface area contributed by atoms with Crippen molar-refractivity contribution in [3.8, 4) is 0 Å². The Balaban J connectivity index is 1.10. The zero-order valence-corrected chi connectivity index (χ0v) is 21.7. The molecule has 192 valence electrons. The summed E-state index contributed by atoms with van der Waals surface area (Å²) in [6, 6.07) is 6.46. The van der Waals surface area contributed by atoms with Gasteiger partial charge < -0.3 is 20.0 Å². The number of fused-ring (bicyclic) bond motifs is 2. The predicted octanol–water partition coefficient (Wildman–Crippen LogP) is 2.01. The molecule has 0 saturated carbocycles. The first kappa shape index (κ1) is 24.1. The fraction of sp³-hybridized carbons (Fsp3) is 0.400. The molecule has 6 rings (SSSR count). The summed E-state index contributed by atoms with van der Waals surface area (Å²) in [5.74, 6) is -2.81. The summed E-state index contributed by atoms with van der Waals surface area (Å²) in [5, 5.41) is 22.6. The van der Waals surface area contributed by atoms with Gasteiger partial charge in [0.2, 0.25) is 5.91 Å². The van der Waals surface area contributed by atoms with Gasteiger partial charge in [-0.15, -0.1) is 23.1 Å². The van der Waals surface area contributed by atoms with Crippen LogP contribution in [0.5, 0.6) is 0 Å². The molecule has 10 nitrogen and oxygen atoms in total. The molecule has 2 fully saturated rings. The van der Waals surface area contributed by atoms with Crippen molar-refractivity contribution in [1.82, 2.24) is 14.8 Å². The molecule has 0 spiro atoms. The van der Waals surface area contributed by atoms with Crippen LogP contribution in [-0.4, -0.2) is 79.2 Å². The molecule has 5 heterocycles. The summed E-state index contributed by atoms with van der Waals surface area (Å²) in [6.07, 6.45) is -0.825. The van der Waals surface area contributed by atoms with Crippen LogP contribution in [0.4, 0.5) is 5.13 Å². The normalized spacial score (nSPS) is 25.9. The minimum absolute atomic E-state index is 0.0420. The predicted molar refractivity (Wildman–Crippen MR) is 136 cm³/mol. The molecule has 2 N–H and O–H groups in total. The van der Waals surface area contributed by atoms with E-state index in [0.717, 1.165) is 5.13 Å². The lowest BCUT2D eigenvalue weighted by atomic mass is 9.79. The van der Waals surface area contributed by atoms with Crippen LogP contribution in [0.2, 0.25) is 0 Å². The molecule has 1 aromatic carbocycles. The number of aromatic nitrogens is 1. The molecule has 0 unspecified atom stereocenters. The SMILES string of the molecule is C[C@@H](O)[C@H]1C(=O)N2C(C(=O)O)=C(SC3CN(c4nc(CN5C(=O)c6ccccc6C5=O)cs4)C3)[C@H](C)[C@H]12. The highest BCUT2D eigenvalue weighted by Crippen LogP contribution is 2.52. The summed E-state index contributed by atoms with van der Waals surface area (Å²) in [5.41, 5.74) is 1.50. The smallest absolute Gasteiger partial charge is 0.353 e. The van der Waals surface area contributed by atoms with E-state index in [2.05, 4.69) is 9.88 Å². The number of anilines is 1. The van der Waals surface area contributed by atoms with E-state index in [4.69, 9.17) is 0 Å². The van der Waals surface area contributed by atoms with Crippen molar-refractivity contribution in [2.45, 2.75) is 37.8 Å². The molecule has 2 aromatic rings. The second kappa shape index (κ2) is 8.67. The highest BCUT2D eigenvalue weighted by molar-refractivity contribution is 8.03. The number of carboxylic acids is 1. The molecule has 0 bridgehead atoms. The van der Waals surface area contributed by atoms with Gasteiger partial charge in [-0.2, -0.15) is 0 Å². The third kappa shape index (κ3) is 3.61. The second-order valence-corrected chi connectivity index (χ2v) is 12.0. The van der Waals surface area contributed by atoms with Gasteiger partial charge in [-0.05, 0) is 19.1 Å². The standard InChI is InChI=1S/C25H24N4O6S2/c1-11-18-17(12(2)30)23(33)29(18)19(24(34)35)20(11)37-14-8-27(9-14)25-26-13(10-36-25)7-28-21(31)15-5-3-4-6-16(15)22(28)32/h3-6,10-12,14,17-18,30H,7-9H2,1-2H3,(H,34,35)/t11-,12-,17-,18-/m1/s1. The van der Waals surface area contributed by atoms with Gasteiger partial charge in [-0.25, -0.2) is 9.78 Å². The van der Waals surface area contributed by atoms with E-state index in [1.165, 1.54) is 32.9 Å². The summed E-state index contributed by atoms with van der Waals surface area (Å²) < 4.78 is 0. The number of carbonyl (C=O) groups excluding carboxylic acids is 3. The number of hydrogen-bond donors (Lipinski definition) is 2. The number of benzene rings is 1. The Hall–Kier alpha value is -3.22. The Kier molecular flexibility index (Phi) is 5.66. The average Bonchev–Trinajstić information content (AvgIpc) is 3.45. The zero-order chi connectivity index (χ0) is 26.2. The minimum atomic E-state index is -1.12. The maximum Gasteiger partial charge on any atom is 0.353 e. The van der Waals surface area contributed by atoms with E-state index in [0.29, 0.717) is 34.8 Å². The number of aliphatic hydroxyl groups excluding tert-OH is 1. The largest absolute Gasteiger partial charge is 0.477 e. The lowest BCUT2D eigenvalue weighted by molar-refractivity contribution is -0.163. The van der Waals surface area contributed by atoms with Crippen molar-refractivity contribution in [2.75, 3.05) is 18.0 Å². The van der Waals surface area contributed by atoms with Gasteiger partial charge in [0.25, 0.3) is 11.8 Å². The van der Waals surface area contributed by atoms with Crippen LogP contribution in [0.1, 0.15) is 40.3 Å². The van der Waals surface area contributed by atoms with Gasteiger partial charge in [0, 0.05) is 34.5 Å². The molecule has 4 aliphatic rings. The van der Waals surface area contributed by atoms with Crippen LogP contribution in [0.15, 0.2) is 40.2 Å². The minimum Gasteiger partial charge on any atom is -0.477 e. The quantitative estimate of drug-likeness (QED) is 0.400. The van der Waals surface area contributed by atoms with Crippen LogP contribution >= 0.6 is 23.1 Å². The fourth-order valence-electron chi connectivity index (χ4n) is 5.59. The van der Waals surface area contributed by atoms with Gasteiger partial charge in [0.1, 0.15) is 5.70 Å². The molecule has 2 saturated heterocycles. The van der Waals surface area contributed by atoms with Crippen molar-refractivity contribution >= 4 is 51.9 Å². The number of imide groups is 1. The van der Waals surface area contributed by atoms with Crippen LogP contribution in [0.3, 0.4) is 0 Å². The summed E-state index contributed by atoms with van der Waals surface area (Å²) >= 11 is 2.93. The van der Waals surface area contributed by atoms with Gasteiger partial charge in [-0.1, -0.05) is 19.1 Å². The first-order valence-electron chi connectivity index (χ1n) is 12.0. The maximum absolute atomic E-state index is 12.6. The Labute approximate surface area is 220 Å². The fourth-order valence-corrected chi connectivity index (χ4v) is 7.94. The molecule has 12 heteroatoms. The second-order valence-electron chi connectivity index (χ2n) is 9.78. The third-order valence-electron chi connectivity index (χ3n) is 7.46. The van der Waals surface area contributed by atoms with E-state index in [1.54, 1.807) is 31.2 Å². The number of β-lactam (4-membered cyclic amide) rings is 1. The number of amides is 3. The first-order valence-corrected chi connectivity index (χ1v) is 13.7. The molecule has 4 atom stereocenters. The van der Waals surface area contributed by atoms with Crippen molar-refractivity contribution in [3.05, 3.63) is 57.1 Å². The van der Waals surface area contributed by atoms with Gasteiger partial charge in [-0.3, -0.25) is 19.3 Å². The Morgan fingerprint density at radius 3 is 2.43 bits per heavy atom. The Morgan fingerprint density at radius 1 is 1.19 bits per heavy atom. The Bertz CT molecular complexity index is 1350. The van der Waals surface area contributed by atoms with Crippen molar-refractivity contribution < 1.29 is 29.4 Å². The maximum atomic E-state index is 12.6. The number of carbonyl (C=O) groups is 4. The lowest BCUT2D eigenvalue weighted by Gasteiger charge is -2.46. The van der Waals surface area contributed by atoms with Crippen LogP contribution in [0, 0.1) is 11.8 Å². The van der Waals surface area contributed by atoms with Gasteiger partial charge >= 0.3 is 5.97 Å². The topological polar surface area (TPSA) is 131 Å². The number of carboxylic acid groups (broad SMARTS) is 1. The number of hydrogen-bond acceptors (Lipinski definition) is 9. The van der Waals surface area contributed by atoms with Gasteiger partial charge in [0.15, 0.2) is 5.13 Å². The third-order valence-corrected chi connectivity index (χ3v) is 9.86. The molecule has 1 aromatic heterocycles. The first-order chi connectivity index (χ1) is 17.7. The van der Waals surface area contributed by atoms with Crippen LogP contribution in [-0.2, 0) is 16.1 Å². The molecule has 3 amide bonds. The van der Waals surface area contributed by atoms with E-state index in [-0.39, 0.29) is 47.2 Å². The number of thiazole rings is 1. The lowest BCUT2D eigenvalue weighted by Crippen LogP contribution is -2.63. The molecular formula is C25H24N4O6S2. The Morgan fingerprint density at radius 2 is 1.84 bits per heavy atom. The number of aliphatic hydroxyl groups is 1. The summed E-state index contributed by atoms with van der Waals surface area (Å²) in [6.45, 7) is 4.91. The molecule has 4 aliphatic heterocycles. The summed E-state index contributed by atoms with van der Waals surface area (Å²) in [4.78, 5) is 59.8. The highest BCUT2D eigenvalue weighted by Gasteiger charge is 2.60.